The smallest absolute Gasteiger partial charge is 0.387 e. The second-order valence-corrected chi connectivity index (χ2v) is 6.61. The summed E-state index contributed by atoms with van der Waals surface area (Å²) < 4.78 is 49.9. The van der Waals surface area contributed by atoms with Gasteiger partial charge in [0.15, 0.2) is 5.54 Å². The van der Waals surface area contributed by atoms with Gasteiger partial charge in [0, 0.05) is 29.6 Å². The van der Waals surface area contributed by atoms with Gasteiger partial charge in [-0.05, 0) is 29.3 Å². The number of nitrogens with zero attached hydrogens (tertiary/aromatic N) is 3. The van der Waals surface area contributed by atoms with Gasteiger partial charge >= 0.3 is 19.1 Å². The zero-order valence-electron chi connectivity index (χ0n) is 16.2. The average Bonchev–Trinajstić information content (AvgIpc) is 3.23. The molecule has 11 heteroatoms. The molecule has 1 aliphatic rings. The highest BCUT2D eigenvalue weighted by Gasteiger charge is 2.43. The third-order valence-corrected chi connectivity index (χ3v) is 4.75. The van der Waals surface area contributed by atoms with Gasteiger partial charge in [-0.2, -0.15) is 14.3 Å². The van der Waals surface area contributed by atoms with Crippen molar-refractivity contribution in [3.8, 4) is 16.9 Å². The van der Waals surface area contributed by atoms with Crippen molar-refractivity contribution in [1.29, 1.82) is 0 Å². The fourth-order valence-corrected chi connectivity index (χ4v) is 3.39. The number of rotatable bonds is 7. The van der Waals surface area contributed by atoms with Gasteiger partial charge in [0.25, 0.3) is 0 Å². The first kappa shape index (κ1) is 21.1. The minimum Gasteiger partial charge on any atom is -0.460 e. The number of amidine groups is 1. The minimum absolute atomic E-state index is 0.0449. The highest BCUT2D eigenvalue weighted by molar-refractivity contribution is 5.77. The zero-order valence-corrected chi connectivity index (χ0v) is 16.2. The Labute approximate surface area is 179 Å². The Hall–Kier alpha value is -4.15. The molecule has 2 heterocycles. The van der Waals surface area contributed by atoms with Gasteiger partial charge in [-0.25, -0.2) is 19.4 Å². The molecule has 0 spiro atoms. The summed E-state index contributed by atoms with van der Waals surface area (Å²) in [5.74, 6) is -1.17. The van der Waals surface area contributed by atoms with Crippen LogP contribution in [-0.2, 0) is 19.9 Å². The third kappa shape index (κ3) is 4.17. The van der Waals surface area contributed by atoms with E-state index in [0.29, 0.717) is 5.56 Å². The lowest BCUT2D eigenvalue weighted by Crippen LogP contribution is -2.28. The van der Waals surface area contributed by atoms with Crippen LogP contribution in [0.25, 0.3) is 11.1 Å². The second-order valence-electron chi connectivity index (χ2n) is 6.61. The van der Waals surface area contributed by atoms with Crippen LogP contribution in [0, 0.1) is 5.82 Å². The highest BCUT2D eigenvalue weighted by atomic mass is 19.3. The fraction of sp³-hybridized carbons (Fsp3) is 0.143. The summed E-state index contributed by atoms with van der Waals surface area (Å²) in [6.45, 7) is -3.11. The van der Waals surface area contributed by atoms with Gasteiger partial charge < -0.3 is 14.3 Å². The lowest BCUT2D eigenvalue weighted by molar-refractivity contribution is -0.132. The van der Waals surface area contributed by atoms with E-state index in [1.54, 1.807) is 30.6 Å². The summed E-state index contributed by atoms with van der Waals surface area (Å²) in [4.78, 5) is 27.4. The number of aliphatic imine (C=N–C) groups is 1. The third-order valence-electron chi connectivity index (χ3n) is 4.75. The molecule has 0 bridgehead atoms. The van der Waals surface area contributed by atoms with Gasteiger partial charge in [-0.1, -0.05) is 18.2 Å². The lowest BCUT2D eigenvalue weighted by Gasteiger charge is -2.26. The molecule has 3 aromatic rings. The van der Waals surface area contributed by atoms with Crippen molar-refractivity contribution in [2.75, 3.05) is 6.61 Å². The van der Waals surface area contributed by atoms with Crippen LogP contribution >= 0.6 is 0 Å². The Kier molecular flexibility index (Phi) is 5.88. The number of carbonyl (C=O) groups is 1. The number of aromatic nitrogens is 2. The van der Waals surface area contributed by atoms with Crippen molar-refractivity contribution in [2.24, 2.45) is 4.99 Å². The van der Waals surface area contributed by atoms with Gasteiger partial charge in [0.1, 0.15) is 24.5 Å². The predicted molar refractivity (Wildman–Crippen MR) is 105 cm³/mol. The predicted octanol–water partition coefficient (Wildman–Crippen LogP) is 3.19. The molecule has 2 aromatic carbocycles. The molecule has 4 rings (SSSR count). The molecule has 0 radical (unpaired) electrons. The molecule has 1 aromatic heterocycles. The van der Waals surface area contributed by atoms with Crippen LogP contribution in [0.1, 0.15) is 11.1 Å². The van der Waals surface area contributed by atoms with Crippen LogP contribution in [0.4, 0.5) is 13.2 Å². The zero-order chi connectivity index (χ0) is 22.6. The SMILES string of the molecule is O=CONC1=NC(c2cccc(-c3cncnc3)c2)(c2ccc(OC(F)F)cc2F)CO1. The van der Waals surface area contributed by atoms with Crippen LogP contribution in [-0.4, -0.2) is 35.7 Å². The van der Waals surface area contributed by atoms with Gasteiger partial charge in [-0.3, -0.25) is 4.79 Å². The molecule has 32 heavy (non-hydrogen) atoms. The molecule has 0 saturated heterocycles. The standard InChI is InChI=1S/C21H15F3N4O4/c22-18-7-16(32-19(23)24)4-5-17(18)21(10-30-20(27-21)28-31-12-29)15-3-1-2-13(6-15)14-8-25-11-26-9-14/h1-9,11-12,19H,10H2,(H,27,28). The number of hydroxylamine groups is 1. The fourth-order valence-electron chi connectivity index (χ4n) is 3.39. The van der Waals surface area contributed by atoms with Crippen LogP contribution < -0.4 is 10.2 Å². The van der Waals surface area contributed by atoms with E-state index in [1.165, 1.54) is 18.5 Å². The topological polar surface area (TPSA) is 94.9 Å². The Balaban J connectivity index is 1.82. The van der Waals surface area contributed by atoms with Crippen molar-refractivity contribution < 1.29 is 32.3 Å². The molecular weight excluding hydrogens is 429 g/mol. The number of hydrogen-bond acceptors (Lipinski definition) is 8. The Morgan fingerprint density at radius 1 is 1.12 bits per heavy atom. The maximum atomic E-state index is 15.1. The number of benzene rings is 2. The number of ether oxygens (including phenoxy) is 2. The molecule has 1 unspecified atom stereocenters. The molecule has 0 fully saturated rings. The number of carbonyl (C=O) groups excluding carboxylic acids is 1. The molecule has 1 aliphatic heterocycles. The van der Waals surface area contributed by atoms with Crippen molar-refractivity contribution in [3.63, 3.8) is 0 Å². The largest absolute Gasteiger partial charge is 0.460 e. The quantitative estimate of drug-likeness (QED) is 0.442. The summed E-state index contributed by atoms with van der Waals surface area (Å²) in [5, 5.41) is 0. The van der Waals surface area contributed by atoms with Crippen LogP contribution in [0.2, 0.25) is 0 Å². The maximum Gasteiger partial charge on any atom is 0.387 e. The maximum absolute atomic E-state index is 15.1. The first-order valence-electron chi connectivity index (χ1n) is 9.20. The molecule has 1 N–H and O–H groups in total. The van der Waals surface area contributed by atoms with E-state index >= 15 is 4.39 Å². The second kappa shape index (κ2) is 8.92. The Morgan fingerprint density at radius 2 is 1.94 bits per heavy atom. The number of hydrogen-bond donors (Lipinski definition) is 1. The summed E-state index contributed by atoms with van der Waals surface area (Å²) in [6.07, 6.45) is 4.64. The van der Waals surface area contributed by atoms with Crippen LogP contribution in [0.15, 0.2) is 66.2 Å². The summed E-state index contributed by atoms with van der Waals surface area (Å²) in [6, 6.07) is 10.2. The molecule has 0 amide bonds. The highest BCUT2D eigenvalue weighted by Crippen LogP contribution is 2.41. The van der Waals surface area contributed by atoms with Crippen LogP contribution in [0.5, 0.6) is 5.75 Å². The van der Waals surface area contributed by atoms with Crippen molar-refractivity contribution in [2.45, 2.75) is 12.2 Å². The number of halogens is 3. The summed E-state index contributed by atoms with van der Waals surface area (Å²) in [5.41, 5.74) is 2.84. The van der Waals surface area contributed by atoms with E-state index in [1.807, 2.05) is 6.07 Å². The molecule has 1 atom stereocenters. The van der Waals surface area contributed by atoms with E-state index in [-0.39, 0.29) is 30.4 Å². The molecule has 0 aliphatic carbocycles. The van der Waals surface area contributed by atoms with Gasteiger partial charge in [0.05, 0.1) is 0 Å². The Bertz CT molecular complexity index is 1150. The van der Waals surface area contributed by atoms with E-state index in [4.69, 9.17) is 4.74 Å². The van der Waals surface area contributed by atoms with E-state index in [2.05, 4.69) is 30.0 Å². The normalized spacial score (nSPS) is 17.4. The van der Waals surface area contributed by atoms with Crippen molar-refractivity contribution in [1.82, 2.24) is 15.4 Å². The molecular formula is C21H15F3N4O4. The Morgan fingerprint density at radius 3 is 2.66 bits per heavy atom. The summed E-state index contributed by atoms with van der Waals surface area (Å²) in [7, 11) is 0. The van der Waals surface area contributed by atoms with Crippen molar-refractivity contribution in [3.05, 3.63) is 78.1 Å². The number of nitrogens with one attached hydrogen (secondary N) is 1. The average molecular weight is 444 g/mol. The van der Waals surface area contributed by atoms with Crippen LogP contribution in [0.3, 0.4) is 0 Å². The minimum atomic E-state index is -3.09. The first-order chi connectivity index (χ1) is 15.5. The van der Waals surface area contributed by atoms with E-state index in [9.17, 15) is 13.6 Å². The van der Waals surface area contributed by atoms with E-state index in [0.717, 1.165) is 17.2 Å². The van der Waals surface area contributed by atoms with Gasteiger partial charge in [-0.15, -0.1) is 0 Å². The molecule has 8 nitrogen and oxygen atoms in total. The van der Waals surface area contributed by atoms with Crippen molar-refractivity contribution >= 4 is 12.5 Å². The summed E-state index contributed by atoms with van der Waals surface area (Å²) >= 11 is 0. The van der Waals surface area contributed by atoms with Gasteiger partial charge in [0.2, 0.25) is 0 Å². The first-order valence-corrected chi connectivity index (χ1v) is 9.20. The number of alkyl halides is 2. The monoisotopic (exact) mass is 444 g/mol. The molecule has 164 valence electrons. The van der Waals surface area contributed by atoms with E-state index < -0.39 is 18.0 Å². The molecule has 0 saturated carbocycles. The lowest BCUT2D eigenvalue weighted by atomic mass is 9.83.